The van der Waals surface area contributed by atoms with Crippen molar-refractivity contribution in [3.63, 3.8) is 0 Å². The number of hydrogen-bond donors (Lipinski definition) is 2. The summed E-state index contributed by atoms with van der Waals surface area (Å²) < 4.78 is 0. The van der Waals surface area contributed by atoms with E-state index in [1.807, 2.05) is 4.90 Å². The molecule has 0 spiro atoms. The quantitative estimate of drug-likeness (QED) is 0.834. The molecule has 0 bridgehead atoms. The number of amides is 2. The Morgan fingerprint density at radius 3 is 2.12 bits per heavy atom. The molecule has 2 aromatic rings. The number of benzene rings is 2. The predicted molar refractivity (Wildman–Crippen MR) is 104 cm³/mol. The Kier molecular flexibility index (Phi) is 5.81. The lowest BCUT2D eigenvalue weighted by atomic mass is 10.0. The van der Waals surface area contributed by atoms with Crippen molar-refractivity contribution < 1.29 is 9.59 Å². The van der Waals surface area contributed by atoms with Crippen molar-refractivity contribution in [1.82, 2.24) is 4.90 Å². The summed E-state index contributed by atoms with van der Waals surface area (Å²) in [4.78, 5) is 26.6. The van der Waals surface area contributed by atoms with Gasteiger partial charge in [-0.25, -0.2) is 0 Å². The Morgan fingerprint density at radius 2 is 1.54 bits per heavy atom. The molecule has 1 aliphatic rings. The maximum absolute atomic E-state index is 12.5. The largest absolute Gasteiger partial charge is 0.339 e. The standard InChI is InChI=1S/C19H19Cl2N3O2/c20-14-9-13(10-15(21)11-14)18(25)23-17-3-1-12(2-4-17)19(26)24-7-5-16(22)6-8-24/h1-4,9-11,16H,5-8,22H2,(H,23,25). The van der Waals surface area contributed by atoms with Gasteiger partial charge in [-0.3, -0.25) is 9.59 Å². The van der Waals surface area contributed by atoms with E-state index in [-0.39, 0.29) is 17.9 Å². The summed E-state index contributed by atoms with van der Waals surface area (Å²) in [5.41, 5.74) is 7.42. The molecule has 1 heterocycles. The van der Waals surface area contributed by atoms with Crippen LogP contribution in [0, 0.1) is 0 Å². The fraction of sp³-hybridized carbons (Fsp3) is 0.263. The Balaban J connectivity index is 1.65. The Morgan fingerprint density at radius 1 is 0.962 bits per heavy atom. The Hall–Kier alpha value is -2.08. The summed E-state index contributed by atoms with van der Waals surface area (Å²) in [6, 6.07) is 11.6. The second-order valence-corrected chi connectivity index (χ2v) is 7.19. The second kappa shape index (κ2) is 8.08. The molecule has 2 aromatic carbocycles. The number of nitrogens with zero attached hydrogens (tertiary/aromatic N) is 1. The van der Waals surface area contributed by atoms with E-state index in [1.165, 1.54) is 0 Å². The molecule has 1 fully saturated rings. The number of likely N-dealkylation sites (tertiary alicyclic amines) is 1. The number of nitrogens with two attached hydrogens (primary N) is 1. The predicted octanol–water partition coefficient (Wildman–Crippen LogP) is 3.81. The minimum Gasteiger partial charge on any atom is -0.339 e. The van der Waals surface area contributed by atoms with E-state index < -0.39 is 0 Å². The lowest BCUT2D eigenvalue weighted by Crippen LogP contribution is -2.42. The smallest absolute Gasteiger partial charge is 0.255 e. The van der Waals surface area contributed by atoms with Gasteiger partial charge in [0.25, 0.3) is 11.8 Å². The highest BCUT2D eigenvalue weighted by Crippen LogP contribution is 2.21. The van der Waals surface area contributed by atoms with Crippen LogP contribution in [0.25, 0.3) is 0 Å². The summed E-state index contributed by atoms with van der Waals surface area (Å²) in [7, 11) is 0. The topological polar surface area (TPSA) is 75.4 Å². The number of carbonyl (C=O) groups excluding carboxylic acids is 2. The van der Waals surface area contributed by atoms with E-state index in [0.29, 0.717) is 39.9 Å². The molecule has 5 nitrogen and oxygen atoms in total. The van der Waals surface area contributed by atoms with Crippen molar-refractivity contribution in [2.75, 3.05) is 18.4 Å². The molecule has 0 atom stereocenters. The number of anilines is 1. The first kappa shape index (κ1) is 18.7. The number of halogens is 2. The molecular formula is C19H19Cl2N3O2. The summed E-state index contributed by atoms with van der Waals surface area (Å²) in [6.45, 7) is 1.35. The molecule has 0 unspecified atom stereocenters. The third-order valence-electron chi connectivity index (χ3n) is 4.34. The number of rotatable bonds is 3. The van der Waals surface area contributed by atoms with Crippen molar-refractivity contribution in [3.8, 4) is 0 Å². The van der Waals surface area contributed by atoms with Crippen LogP contribution in [-0.4, -0.2) is 35.8 Å². The van der Waals surface area contributed by atoms with Crippen LogP contribution in [0.1, 0.15) is 33.6 Å². The van der Waals surface area contributed by atoms with Gasteiger partial charge >= 0.3 is 0 Å². The van der Waals surface area contributed by atoms with Gasteiger partial charge in [0, 0.05) is 46.0 Å². The molecule has 1 aliphatic heterocycles. The van der Waals surface area contributed by atoms with Gasteiger partial charge in [-0.2, -0.15) is 0 Å². The molecule has 3 rings (SSSR count). The van der Waals surface area contributed by atoms with Crippen LogP contribution >= 0.6 is 23.2 Å². The zero-order valence-corrected chi connectivity index (χ0v) is 15.6. The van der Waals surface area contributed by atoms with E-state index in [0.717, 1.165) is 12.8 Å². The Labute approximate surface area is 162 Å². The minimum absolute atomic E-state index is 0.0172. The zero-order chi connectivity index (χ0) is 18.7. The van der Waals surface area contributed by atoms with Crippen LogP contribution in [0.5, 0.6) is 0 Å². The van der Waals surface area contributed by atoms with Gasteiger partial charge in [0.1, 0.15) is 0 Å². The van der Waals surface area contributed by atoms with Gasteiger partial charge in [0.2, 0.25) is 0 Å². The SMILES string of the molecule is NC1CCN(C(=O)c2ccc(NC(=O)c3cc(Cl)cc(Cl)c3)cc2)CC1. The summed E-state index contributed by atoms with van der Waals surface area (Å²) in [5, 5.41) is 3.55. The molecule has 0 saturated carbocycles. The van der Waals surface area contributed by atoms with Gasteiger partial charge in [-0.1, -0.05) is 23.2 Å². The second-order valence-electron chi connectivity index (χ2n) is 6.32. The molecule has 0 aliphatic carbocycles. The van der Waals surface area contributed by atoms with Crippen molar-refractivity contribution in [2.45, 2.75) is 18.9 Å². The third kappa shape index (κ3) is 4.55. The zero-order valence-electron chi connectivity index (χ0n) is 14.0. The van der Waals surface area contributed by atoms with Crippen molar-refractivity contribution in [1.29, 1.82) is 0 Å². The molecule has 7 heteroatoms. The number of hydrogen-bond acceptors (Lipinski definition) is 3. The normalized spacial score (nSPS) is 15.0. The molecule has 2 amide bonds. The highest BCUT2D eigenvalue weighted by atomic mass is 35.5. The van der Waals surface area contributed by atoms with Crippen molar-refractivity contribution >= 4 is 40.7 Å². The van der Waals surface area contributed by atoms with Gasteiger partial charge < -0.3 is 16.0 Å². The summed E-state index contributed by atoms with van der Waals surface area (Å²) in [5.74, 6) is -0.338. The number of nitrogens with one attached hydrogen (secondary N) is 1. The van der Waals surface area contributed by atoms with Crippen LogP contribution in [0.4, 0.5) is 5.69 Å². The molecule has 136 valence electrons. The van der Waals surface area contributed by atoms with E-state index in [1.54, 1.807) is 42.5 Å². The minimum atomic E-state index is -0.321. The van der Waals surface area contributed by atoms with Crippen LogP contribution < -0.4 is 11.1 Å². The summed E-state index contributed by atoms with van der Waals surface area (Å²) in [6.07, 6.45) is 1.64. The van der Waals surface area contributed by atoms with E-state index >= 15 is 0 Å². The average molecular weight is 392 g/mol. The summed E-state index contributed by atoms with van der Waals surface area (Å²) >= 11 is 11.8. The van der Waals surface area contributed by atoms with Crippen molar-refractivity contribution in [2.24, 2.45) is 5.73 Å². The van der Waals surface area contributed by atoms with Gasteiger partial charge in [-0.05, 0) is 55.3 Å². The van der Waals surface area contributed by atoms with Gasteiger partial charge in [-0.15, -0.1) is 0 Å². The third-order valence-corrected chi connectivity index (χ3v) is 4.78. The molecule has 26 heavy (non-hydrogen) atoms. The maximum atomic E-state index is 12.5. The van der Waals surface area contributed by atoms with Crippen LogP contribution in [0.15, 0.2) is 42.5 Å². The average Bonchev–Trinajstić information content (AvgIpc) is 2.61. The van der Waals surface area contributed by atoms with Crippen molar-refractivity contribution in [3.05, 3.63) is 63.6 Å². The molecular weight excluding hydrogens is 373 g/mol. The highest BCUT2D eigenvalue weighted by molar-refractivity contribution is 6.35. The first-order chi connectivity index (χ1) is 12.4. The first-order valence-corrected chi connectivity index (χ1v) is 9.10. The van der Waals surface area contributed by atoms with E-state index in [2.05, 4.69) is 5.32 Å². The van der Waals surface area contributed by atoms with Crippen LogP contribution in [0.2, 0.25) is 10.0 Å². The maximum Gasteiger partial charge on any atom is 0.255 e. The van der Waals surface area contributed by atoms with Gasteiger partial charge in [0.15, 0.2) is 0 Å². The fourth-order valence-electron chi connectivity index (χ4n) is 2.87. The monoisotopic (exact) mass is 391 g/mol. The first-order valence-electron chi connectivity index (χ1n) is 8.35. The van der Waals surface area contributed by atoms with Crippen LogP contribution in [0.3, 0.4) is 0 Å². The number of piperidine rings is 1. The van der Waals surface area contributed by atoms with E-state index in [9.17, 15) is 9.59 Å². The lowest BCUT2D eigenvalue weighted by Gasteiger charge is -2.30. The highest BCUT2D eigenvalue weighted by Gasteiger charge is 2.21. The Bertz CT molecular complexity index is 796. The molecule has 0 radical (unpaired) electrons. The van der Waals surface area contributed by atoms with Gasteiger partial charge in [0.05, 0.1) is 0 Å². The molecule has 3 N–H and O–H groups in total. The number of carbonyl (C=O) groups is 2. The molecule has 0 aromatic heterocycles. The van der Waals surface area contributed by atoms with Crippen LogP contribution in [-0.2, 0) is 0 Å². The lowest BCUT2D eigenvalue weighted by molar-refractivity contribution is 0.0714. The fourth-order valence-corrected chi connectivity index (χ4v) is 3.40. The molecule has 1 saturated heterocycles. The van der Waals surface area contributed by atoms with E-state index in [4.69, 9.17) is 28.9 Å².